The first kappa shape index (κ1) is 13.9. The van der Waals surface area contributed by atoms with E-state index in [1.54, 1.807) is 30.3 Å². The highest BCUT2D eigenvalue weighted by Crippen LogP contribution is 2.23. The number of benzene rings is 2. The molecule has 3 nitrogen and oxygen atoms in total. The lowest BCUT2D eigenvalue weighted by molar-refractivity contribution is 0.465. The molecule has 0 spiro atoms. The first-order chi connectivity index (χ1) is 8.52. The van der Waals surface area contributed by atoms with E-state index in [0.29, 0.717) is 17.4 Å². The Morgan fingerprint density at radius 2 is 1.33 bits per heavy atom. The normalized spacial score (nSPS) is 9.72. The lowest BCUT2D eigenvalue weighted by Crippen LogP contribution is -1.85. The van der Waals surface area contributed by atoms with E-state index < -0.39 is 0 Å². The van der Waals surface area contributed by atoms with Crippen molar-refractivity contribution in [3.05, 3.63) is 54.1 Å². The Kier molecular flexibility index (Phi) is 5.06. The molecule has 0 unspecified atom stereocenters. The van der Waals surface area contributed by atoms with Gasteiger partial charge in [0.1, 0.15) is 11.5 Å². The molecule has 96 valence electrons. The quantitative estimate of drug-likeness (QED) is 0.532. The lowest BCUT2D eigenvalue weighted by Gasteiger charge is -2.05. The number of phenolic OH excluding ortho intramolecular Hbond substituents is 2. The van der Waals surface area contributed by atoms with Gasteiger partial charge >= 0.3 is 0 Å². The van der Waals surface area contributed by atoms with E-state index in [1.807, 2.05) is 18.2 Å². The minimum Gasteiger partial charge on any atom is -0.508 e. The highest BCUT2D eigenvalue weighted by molar-refractivity contribution is 5.50. The predicted molar refractivity (Wildman–Crippen MR) is 74.7 cm³/mol. The van der Waals surface area contributed by atoms with Gasteiger partial charge in [0, 0.05) is 0 Å². The van der Waals surface area contributed by atoms with Gasteiger partial charge in [-0.25, -0.2) is 0 Å². The maximum Gasteiger partial charge on any atom is 0.138 e. The standard InChI is InChI=1S/C9H12O.C6H7NO/c1-7(2)8-5-3-4-6-9(8)10;7-5-3-1-2-4-6(5)8/h3-7,10H,1-2H3;1-4,8H,7H2. The summed E-state index contributed by atoms with van der Waals surface area (Å²) in [6.07, 6.45) is 0. The summed E-state index contributed by atoms with van der Waals surface area (Å²) in [7, 11) is 0. The number of nitrogens with two attached hydrogens (primary N) is 1. The van der Waals surface area contributed by atoms with Crippen molar-refractivity contribution >= 4 is 5.69 Å². The molecule has 0 fully saturated rings. The monoisotopic (exact) mass is 245 g/mol. The van der Waals surface area contributed by atoms with E-state index in [0.717, 1.165) is 5.56 Å². The zero-order chi connectivity index (χ0) is 13.5. The van der Waals surface area contributed by atoms with Gasteiger partial charge < -0.3 is 15.9 Å². The third-order valence-corrected chi connectivity index (χ3v) is 2.50. The van der Waals surface area contributed by atoms with Gasteiger partial charge in [-0.2, -0.15) is 0 Å². The van der Waals surface area contributed by atoms with Gasteiger partial charge in [-0.1, -0.05) is 44.2 Å². The average Bonchev–Trinajstić information content (AvgIpc) is 2.34. The van der Waals surface area contributed by atoms with Crippen molar-refractivity contribution in [1.29, 1.82) is 0 Å². The fourth-order valence-corrected chi connectivity index (χ4v) is 1.46. The highest BCUT2D eigenvalue weighted by atomic mass is 16.3. The van der Waals surface area contributed by atoms with E-state index in [-0.39, 0.29) is 5.75 Å². The summed E-state index contributed by atoms with van der Waals surface area (Å²) in [5.74, 6) is 0.950. The van der Waals surface area contributed by atoms with Crippen LogP contribution in [0.2, 0.25) is 0 Å². The fourth-order valence-electron chi connectivity index (χ4n) is 1.46. The van der Waals surface area contributed by atoms with Crippen molar-refractivity contribution in [3.8, 4) is 11.5 Å². The number of para-hydroxylation sites is 3. The van der Waals surface area contributed by atoms with Crippen molar-refractivity contribution < 1.29 is 10.2 Å². The van der Waals surface area contributed by atoms with Crippen LogP contribution in [0.3, 0.4) is 0 Å². The van der Waals surface area contributed by atoms with Crippen LogP contribution in [-0.2, 0) is 0 Å². The molecule has 0 atom stereocenters. The third kappa shape index (κ3) is 4.01. The minimum absolute atomic E-state index is 0.146. The van der Waals surface area contributed by atoms with Crippen molar-refractivity contribution in [2.24, 2.45) is 0 Å². The molecule has 0 aromatic heterocycles. The molecule has 0 radical (unpaired) electrons. The topological polar surface area (TPSA) is 66.5 Å². The molecule has 0 saturated carbocycles. The molecule has 3 heteroatoms. The Balaban J connectivity index is 0.000000184. The SMILES string of the molecule is CC(C)c1ccccc1O.Nc1ccccc1O. The molecule has 2 aromatic carbocycles. The second kappa shape index (κ2) is 6.55. The first-order valence-corrected chi connectivity index (χ1v) is 5.83. The number of hydrogen-bond acceptors (Lipinski definition) is 3. The van der Waals surface area contributed by atoms with Gasteiger partial charge in [-0.15, -0.1) is 0 Å². The lowest BCUT2D eigenvalue weighted by atomic mass is 10.0. The van der Waals surface area contributed by atoms with Crippen LogP contribution in [-0.4, -0.2) is 10.2 Å². The van der Waals surface area contributed by atoms with Crippen LogP contribution in [0.25, 0.3) is 0 Å². The molecule has 4 N–H and O–H groups in total. The largest absolute Gasteiger partial charge is 0.508 e. The zero-order valence-corrected chi connectivity index (χ0v) is 10.7. The van der Waals surface area contributed by atoms with Crippen LogP contribution in [0.15, 0.2) is 48.5 Å². The van der Waals surface area contributed by atoms with E-state index in [4.69, 9.17) is 10.8 Å². The summed E-state index contributed by atoms with van der Waals surface area (Å²) in [5, 5.41) is 18.1. The van der Waals surface area contributed by atoms with Crippen LogP contribution in [0.4, 0.5) is 5.69 Å². The minimum atomic E-state index is 0.146. The van der Waals surface area contributed by atoms with Crippen LogP contribution >= 0.6 is 0 Å². The summed E-state index contributed by atoms with van der Waals surface area (Å²) in [6, 6.07) is 14.1. The number of rotatable bonds is 1. The molecule has 0 heterocycles. The predicted octanol–water partition coefficient (Wildman–Crippen LogP) is 3.49. The Bertz CT molecular complexity index is 474. The molecule has 0 saturated heterocycles. The second-order valence-electron chi connectivity index (χ2n) is 4.27. The molecule has 0 aliphatic carbocycles. The molecule has 18 heavy (non-hydrogen) atoms. The zero-order valence-electron chi connectivity index (χ0n) is 10.7. The highest BCUT2D eigenvalue weighted by Gasteiger charge is 2.01. The van der Waals surface area contributed by atoms with E-state index >= 15 is 0 Å². The van der Waals surface area contributed by atoms with Crippen LogP contribution in [0.5, 0.6) is 11.5 Å². The molecule has 0 aliphatic heterocycles. The number of hydrogen-bond donors (Lipinski definition) is 3. The van der Waals surface area contributed by atoms with Crippen molar-refractivity contribution in [2.75, 3.05) is 5.73 Å². The van der Waals surface area contributed by atoms with Crippen LogP contribution in [0, 0.1) is 0 Å². The summed E-state index contributed by atoms with van der Waals surface area (Å²) in [4.78, 5) is 0. The van der Waals surface area contributed by atoms with Gasteiger partial charge in [-0.3, -0.25) is 0 Å². The molecule has 0 aliphatic rings. The fraction of sp³-hybridized carbons (Fsp3) is 0.200. The Morgan fingerprint density at radius 3 is 1.67 bits per heavy atom. The van der Waals surface area contributed by atoms with Crippen LogP contribution < -0.4 is 5.73 Å². The third-order valence-electron chi connectivity index (χ3n) is 2.50. The molecular weight excluding hydrogens is 226 g/mol. The molecule has 2 rings (SSSR count). The van der Waals surface area contributed by atoms with E-state index in [9.17, 15) is 5.11 Å². The Morgan fingerprint density at radius 1 is 0.833 bits per heavy atom. The van der Waals surface area contributed by atoms with Gasteiger partial charge in [-0.05, 0) is 29.7 Å². The van der Waals surface area contributed by atoms with E-state index in [2.05, 4.69) is 13.8 Å². The maximum atomic E-state index is 9.28. The summed E-state index contributed by atoms with van der Waals surface area (Å²) < 4.78 is 0. The Hall–Kier alpha value is -2.16. The number of phenols is 2. The smallest absolute Gasteiger partial charge is 0.138 e. The number of nitrogen functional groups attached to an aromatic ring is 1. The summed E-state index contributed by atoms with van der Waals surface area (Å²) in [6.45, 7) is 4.13. The van der Waals surface area contributed by atoms with Gasteiger partial charge in [0.05, 0.1) is 5.69 Å². The van der Waals surface area contributed by atoms with Gasteiger partial charge in [0.15, 0.2) is 0 Å². The number of aromatic hydroxyl groups is 2. The van der Waals surface area contributed by atoms with Crippen molar-refractivity contribution in [3.63, 3.8) is 0 Å². The molecule has 2 aromatic rings. The second-order valence-corrected chi connectivity index (χ2v) is 4.27. The number of anilines is 1. The average molecular weight is 245 g/mol. The van der Waals surface area contributed by atoms with Crippen molar-refractivity contribution in [2.45, 2.75) is 19.8 Å². The summed E-state index contributed by atoms with van der Waals surface area (Å²) in [5.41, 5.74) is 6.71. The molecule has 0 amide bonds. The first-order valence-electron chi connectivity index (χ1n) is 5.83. The summed E-state index contributed by atoms with van der Waals surface area (Å²) >= 11 is 0. The van der Waals surface area contributed by atoms with Gasteiger partial charge in [0.2, 0.25) is 0 Å². The molecular formula is C15H19NO2. The Labute approximate surface area is 108 Å². The van der Waals surface area contributed by atoms with Crippen LogP contribution in [0.1, 0.15) is 25.3 Å². The maximum absolute atomic E-state index is 9.28. The van der Waals surface area contributed by atoms with E-state index in [1.165, 1.54) is 0 Å². The molecule has 0 bridgehead atoms. The van der Waals surface area contributed by atoms with Crippen molar-refractivity contribution in [1.82, 2.24) is 0 Å². The van der Waals surface area contributed by atoms with Gasteiger partial charge in [0.25, 0.3) is 0 Å².